The van der Waals surface area contributed by atoms with Crippen LogP contribution in [0.4, 0.5) is 96.7 Å². The van der Waals surface area contributed by atoms with Crippen molar-refractivity contribution in [2.24, 2.45) is 0 Å². The predicted molar refractivity (Wildman–Crippen MR) is 443 cm³/mol. The monoisotopic (exact) mass is 1400 g/mol. The lowest BCUT2D eigenvalue weighted by atomic mass is 10.0. The standard InChI is InChI=1S/C32H28N2O.2C31H25N3O2/c1-33(31-14-9-15-32(24-31)35-2)27-20-22-30(23-21-27)34(28-12-7-4-8-13-28)29-18-16-26(17-19-29)25-10-5-3-6-11-25;1-32(30-13-8-14-31(23-30)34(35)36)26-19-21-29(22-20-26)33(27-11-6-3-7-12-27)28-17-15-25(16-18-28)24-9-4-2-5-10-24;1-32(27-18-22-31(23-19-27)34(35)36)26-16-20-30(21-17-26)33(28-10-6-3-7-11-28)29-14-12-25(13-15-29)24-8-4-2-5-9-24/h3-24H,1-2H3;2*2-23H,1H3. The van der Waals surface area contributed by atoms with Gasteiger partial charge in [-0.1, -0.05) is 194 Å². The number of nitro benzene ring substituents is 2. The van der Waals surface area contributed by atoms with Gasteiger partial charge in [-0.2, -0.15) is 0 Å². The number of hydrogen-bond acceptors (Lipinski definition) is 11. The number of nitrogens with zero attached hydrogens (tertiary/aromatic N) is 8. The van der Waals surface area contributed by atoms with E-state index in [2.05, 4.69) is 275 Å². The van der Waals surface area contributed by atoms with Crippen LogP contribution >= 0.6 is 0 Å². The van der Waals surface area contributed by atoms with Gasteiger partial charge in [0.1, 0.15) is 5.75 Å². The van der Waals surface area contributed by atoms with E-state index in [1.807, 2.05) is 133 Å². The zero-order valence-electron chi connectivity index (χ0n) is 59.7. The third-order valence-corrected chi connectivity index (χ3v) is 18.5. The molecule has 0 aliphatic rings. The first-order valence-electron chi connectivity index (χ1n) is 35.1. The lowest BCUT2D eigenvalue weighted by molar-refractivity contribution is -0.385. The molecule has 524 valence electrons. The second kappa shape index (κ2) is 34.1. The average molecular weight is 1400 g/mol. The van der Waals surface area contributed by atoms with E-state index in [0.29, 0.717) is 0 Å². The quantitative estimate of drug-likeness (QED) is 0.0506. The van der Waals surface area contributed by atoms with Gasteiger partial charge in [0.2, 0.25) is 0 Å². The smallest absolute Gasteiger partial charge is 0.271 e. The molecule has 0 saturated heterocycles. The molecule has 0 aliphatic heterocycles. The van der Waals surface area contributed by atoms with Gasteiger partial charge in [-0.15, -0.1) is 0 Å². The molecule has 0 radical (unpaired) electrons. The summed E-state index contributed by atoms with van der Waals surface area (Å²) in [4.78, 5) is 34.2. The highest BCUT2D eigenvalue weighted by molar-refractivity contribution is 5.84. The molecular weight excluding hydrogens is 1320 g/mol. The van der Waals surface area contributed by atoms with Crippen molar-refractivity contribution in [1.29, 1.82) is 0 Å². The molecule has 15 rings (SSSR count). The maximum Gasteiger partial charge on any atom is 0.271 e. The van der Waals surface area contributed by atoms with E-state index in [1.54, 1.807) is 31.4 Å². The van der Waals surface area contributed by atoms with E-state index in [9.17, 15) is 20.2 Å². The number of rotatable bonds is 21. The first-order valence-corrected chi connectivity index (χ1v) is 35.1. The van der Waals surface area contributed by atoms with Gasteiger partial charge >= 0.3 is 0 Å². The zero-order chi connectivity index (χ0) is 73.9. The Kier molecular flexibility index (Phi) is 22.7. The predicted octanol–water partition coefficient (Wildman–Crippen LogP) is 25.6. The van der Waals surface area contributed by atoms with Gasteiger partial charge in [0.15, 0.2) is 0 Å². The molecule has 0 spiro atoms. The average Bonchev–Trinajstić information content (AvgIpc) is 0.816. The fourth-order valence-electron chi connectivity index (χ4n) is 12.7. The number of ether oxygens (including phenoxy) is 1. The number of anilines is 15. The Labute approximate surface area is 625 Å². The highest BCUT2D eigenvalue weighted by atomic mass is 16.6. The molecule has 0 atom stereocenters. The minimum absolute atomic E-state index is 0.0742. The van der Waals surface area contributed by atoms with E-state index >= 15 is 0 Å². The molecule has 0 bridgehead atoms. The Bertz CT molecular complexity index is 5330. The number of non-ortho nitro benzene ring substituents is 2. The number of benzene rings is 15. The van der Waals surface area contributed by atoms with Crippen molar-refractivity contribution in [2.75, 3.05) is 57.7 Å². The summed E-state index contributed by atoms with van der Waals surface area (Å²) in [7, 11) is 7.62. The number of hydrogen-bond donors (Lipinski definition) is 0. The van der Waals surface area contributed by atoms with Crippen molar-refractivity contribution >= 4 is 96.7 Å². The van der Waals surface area contributed by atoms with Crippen molar-refractivity contribution in [3.8, 4) is 39.1 Å². The first kappa shape index (κ1) is 71.1. The van der Waals surface area contributed by atoms with Crippen molar-refractivity contribution in [3.05, 3.63) is 421 Å². The highest BCUT2D eigenvalue weighted by Crippen LogP contribution is 2.42. The van der Waals surface area contributed by atoms with E-state index in [-0.39, 0.29) is 21.2 Å². The molecule has 0 aliphatic carbocycles. The summed E-state index contributed by atoms with van der Waals surface area (Å²) in [6.45, 7) is 0. The summed E-state index contributed by atoms with van der Waals surface area (Å²) in [5.74, 6) is 0.847. The Hall–Kier alpha value is -14.3. The van der Waals surface area contributed by atoms with Gasteiger partial charge in [-0.05, 0) is 209 Å². The van der Waals surface area contributed by atoms with Crippen LogP contribution in [0.2, 0.25) is 0 Å². The van der Waals surface area contributed by atoms with Crippen LogP contribution < -0.4 is 34.1 Å². The largest absolute Gasteiger partial charge is 0.497 e. The Balaban J connectivity index is 0.000000142. The SMILES string of the molecule is CN(c1ccc(N(c2ccccc2)c2ccc(-c3ccccc3)cc2)cc1)c1ccc([N+](=O)[O-])cc1.CN(c1ccc(N(c2ccccc2)c2ccc(-c3ccccc3)cc2)cc1)c1cccc([N+](=O)[O-])c1.COc1cccc(N(C)c2ccc(N(c3ccccc3)c3ccc(-c4ccccc4)cc3)cc2)c1. The second-order valence-electron chi connectivity index (χ2n) is 25.2. The first-order chi connectivity index (χ1) is 52.4. The number of para-hydroxylation sites is 3. The van der Waals surface area contributed by atoms with Gasteiger partial charge < -0.3 is 34.1 Å². The molecule has 15 aromatic carbocycles. The number of methoxy groups -OCH3 is 1. The summed E-state index contributed by atoms with van der Waals surface area (Å²) in [5.41, 5.74) is 22.7. The van der Waals surface area contributed by atoms with Crippen LogP contribution in [0.3, 0.4) is 0 Å². The fourth-order valence-corrected chi connectivity index (χ4v) is 12.7. The molecule has 13 nitrogen and oxygen atoms in total. The minimum Gasteiger partial charge on any atom is -0.497 e. The van der Waals surface area contributed by atoms with E-state index in [4.69, 9.17) is 4.74 Å². The summed E-state index contributed by atoms with van der Waals surface area (Å²) in [5, 5.41) is 22.1. The minimum atomic E-state index is -0.386. The van der Waals surface area contributed by atoms with Crippen LogP contribution in [0.1, 0.15) is 0 Å². The molecule has 0 N–H and O–H groups in total. The second-order valence-corrected chi connectivity index (χ2v) is 25.2. The molecule has 13 heteroatoms. The lowest BCUT2D eigenvalue weighted by Crippen LogP contribution is -2.12. The van der Waals surface area contributed by atoms with Gasteiger partial charge in [0.25, 0.3) is 11.4 Å². The van der Waals surface area contributed by atoms with Crippen LogP contribution in [-0.4, -0.2) is 38.1 Å². The van der Waals surface area contributed by atoms with Crippen LogP contribution in [0.5, 0.6) is 5.75 Å². The molecule has 0 fully saturated rings. The van der Waals surface area contributed by atoms with Crippen molar-refractivity contribution < 1.29 is 14.6 Å². The van der Waals surface area contributed by atoms with Gasteiger partial charge in [0, 0.05) is 137 Å². The maximum absolute atomic E-state index is 11.2. The van der Waals surface area contributed by atoms with Crippen molar-refractivity contribution in [2.45, 2.75) is 0 Å². The Morgan fingerprint density at radius 3 is 0.720 bits per heavy atom. The Morgan fingerprint density at radius 1 is 0.215 bits per heavy atom. The number of nitro groups is 2. The van der Waals surface area contributed by atoms with Crippen LogP contribution in [0, 0.1) is 20.2 Å². The normalized spacial score (nSPS) is 10.6. The van der Waals surface area contributed by atoms with Gasteiger partial charge in [0.05, 0.1) is 17.0 Å². The van der Waals surface area contributed by atoms with Crippen molar-refractivity contribution in [1.82, 2.24) is 0 Å². The van der Waals surface area contributed by atoms with Gasteiger partial charge in [-0.25, -0.2) is 0 Å². The van der Waals surface area contributed by atoms with E-state index in [1.165, 1.54) is 51.6 Å². The summed E-state index contributed by atoms with van der Waals surface area (Å²) in [6, 6.07) is 135. The molecule has 0 heterocycles. The summed E-state index contributed by atoms with van der Waals surface area (Å²) >= 11 is 0. The van der Waals surface area contributed by atoms with E-state index in [0.717, 1.165) is 91.1 Å². The lowest BCUT2D eigenvalue weighted by Gasteiger charge is -2.27. The maximum atomic E-state index is 11.2. The molecule has 0 amide bonds. The van der Waals surface area contributed by atoms with Crippen LogP contribution in [0.15, 0.2) is 400 Å². The highest BCUT2D eigenvalue weighted by Gasteiger charge is 2.19. The fraction of sp³-hybridized carbons (Fsp3) is 0.0426. The molecule has 0 unspecified atom stereocenters. The topological polar surface area (TPSA) is 115 Å². The molecule has 15 aromatic rings. The van der Waals surface area contributed by atoms with Crippen molar-refractivity contribution in [3.63, 3.8) is 0 Å². The molecule has 0 aromatic heterocycles. The Morgan fingerprint density at radius 2 is 0.430 bits per heavy atom. The van der Waals surface area contributed by atoms with E-state index < -0.39 is 0 Å². The summed E-state index contributed by atoms with van der Waals surface area (Å²) in [6.07, 6.45) is 0. The van der Waals surface area contributed by atoms with Gasteiger partial charge in [-0.3, -0.25) is 20.2 Å². The molecule has 0 saturated carbocycles. The zero-order valence-corrected chi connectivity index (χ0v) is 59.7. The third kappa shape index (κ3) is 17.4. The molecule has 107 heavy (non-hydrogen) atoms. The summed E-state index contributed by atoms with van der Waals surface area (Å²) < 4.78 is 5.39. The molecular formula is C94H78N8O5. The third-order valence-electron chi connectivity index (χ3n) is 18.5. The van der Waals surface area contributed by atoms with Crippen LogP contribution in [-0.2, 0) is 0 Å². The van der Waals surface area contributed by atoms with Crippen LogP contribution in [0.25, 0.3) is 33.4 Å².